The Hall–Kier alpha value is -2.24. The summed E-state index contributed by atoms with van der Waals surface area (Å²) in [6.45, 7) is 4.49. The van der Waals surface area contributed by atoms with Crippen LogP contribution in [0.5, 0.6) is 0 Å². The molecule has 1 aromatic heterocycles. The summed E-state index contributed by atoms with van der Waals surface area (Å²) >= 11 is 0. The number of hydrogen-bond acceptors (Lipinski definition) is 4. The lowest BCUT2D eigenvalue weighted by Crippen LogP contribution is -2.32. The van der Waals surface area contributed by atoms with Gasteiger partial charge in [0.2, 0.25) is 0 Å². The highest BCUT2D eigenvalue weighted by Gasteiger charge is 2.26. The van der Waals surface area contributed by atoms with Gasteiger partial charge in [-0.3, -0.25) is 14.6 Å². The highest BCUT2D eigenvalue weighted by molar-refractivity contribution is 6.09. The zero-order valence-electron chi connectivity index (χ0n) is 12.4. The molecule has 21 heavy (non-hydrogen) atoms. The van der Waals surface area contributed by atoms with E-state index < -0.39 is 0 Å². The van der Waals surface area contributed by atoms with Crippen LogP contribution in [0.2, 0.25) is 0 Å². The van der Waals surface area contributed by atoms with Gasteiger partial charge >= 0.3 is 0 Å². The van der Waals surface area contributed by atoms with E-state index in [-0.39, 0.29) is 23.2 Å². The molecule has 0 spiro atoms. The van der Waals surface area contributed by atoms with Crippen LogP contribution >= 0.6 is 0 Å². The first-order valence-electron chi connectivity index (χ1n) is 7.28. The fourth-order valence-electron chi connectivity index (χ4n) is 1.84. The molecule has 6 nitrogen and oxygen atoms in total. The summed E-state index contributed by atoms with van der Waals surface area (Å²) in [4.78, 5) is 28.1. The molecule has 1 heterocycles. The first kappa shape index (κ1) is 15.2. The molecule has 1 aromatic rings. The fraction of sp³-hybridized carbons (Fsp3) is 0.467. The van der Waals surface area contributed by atoms with Crippen molar-refractivity contribution in [2.24, 2.45) is 4.99 Å². The molecule has 6 heteroatoms. The van der Waals surface area contributed by atoms with Crippen molar-refractivity contribution in [1.82, 2.24) is 15.1 Å². The molecule has 0 bridgehead atoms. The maximum absolute atomic E-state index is 12.2. The second kappa shape index (κ2) is 6.97. The number of amides is 1. The van der Waals surface area contributed by atoms with E-state index >= 15 is 0 Å². The van der Waals surface area contributed by atoms with Gasteiger partial charge in [0.1, 0.15) is 11.5 Å². The normalized spacial score (nSPS) is 15.4. The zero-order valence-corrected chi connectivity index (χ0v) is 12.4. The quantitative estimate of drug-likeness (QED) is 0.661. The first-order chi connectivity index (χ1) is 10.2. The van der Waals surface area contributed by atoms with E-state index in [0.29, 0.717) is 12.4 Å². The Morgan fingerprint density at radius 3 is 2.86 bits per heavy atom. The first-order valence-corrected chi connectivity index (χ1v) is 7.28. The van der Waals surface area contributed by atoms with Crippen LogP contribution < -0.4 is 10.9 Å². The molecular formula is C15H20N4O2. The van der Waals surface area contributed by atoms with E-state index in [1.54, 1.807) is 6.08 Å². The predicted molar refractivity (Wildman–Crippen MR) is 81.6 cm³/mol. The van der Waals surface area contributed by atoms with Gasteiger partial charge < -0.3 is 5.32 Å². The molecule has 1 aliphatic rings. The topological polar surface area (TPSA) is 76.3 Å². The number of nitrogens with one attached hydrogen (secondary N) is 1. The summed E-state index contributed by atoms with van der Waals surface area (Å²) in [5.74, 6) is 0.160. The Morgan fingerprint density at radius 1 is 1.48 bits per heavy atom. The third kappa shape index (κ3) is 4.11. The number of hydrogen-bond donors (Lipinski definition) is 1. The van der Waals surface area contributed by atoms with Gasteiger partial charge in [0.15, 0.2) is 0 Å². The summed E-state index contributed by atoms with van der Waals surface area (Å²) in [5, 5.41) is 6.86. The number of rotatable bonds is 5. The molecule has 1 N–H and O–H groups in total. The van der Waals surface area contributed by atoms with E-state index in [2.05, 4.69) is 15.4 Å². The second-order valence-electron chi connectivity index (χ2n) is 4.86. The van der Waals surface area contributed by atoms with Crippen LogP contribution in [-0.2, 0) is 0 Å². The van der Waals surface area contributed by atoms with Gasteiger partial charge in [-0.25, -0.2) is 4.68 Å². The molecule has 112 valence electrons. The van der Waals surface area contributed by atoms with E-state index in [1.807, 2.05) is 19.9 Å². The van der Waals surface area contributed by atoms with Crippen molar-refractivity contribution in [2.75, 3.05) is 6.54 Å². The Morgan fingerprint density at radius 2 is 2.24 bits per heavy atom. The van der Waals surface area contributed by atoms with Crippen LogP contribution in [-0.4, -0.2) is 28.1 Å². The molecule has 0 aliphatic heterocycles. The molecule has 2 rings (SSSR count). The van der Waals surface area contributed by atoms with Crippen LogP contribution in [0.3, 0.4) is 0 Å². The van der Waals surface area contributed by atoms with Crippen LogP contribution in [0.4, 0.5) is 0 Å². The Bertz CT molecular complexity index is 627. The maximum atomic E-state index is 12.2. The second-order valence-corrected chi connectivity index (χ2v) is 4.86. The highest BCUT2D eigenvalue weighted by atomic mass is 16.2. The summed E-state index contributed by atoms with van der Waals surface area (Å²) in [5.41, 5.74) is 0.0672. The summed E-state index contributed by atoms with van der Waals surface area (Å²) in [6.07, 6.45) is 6.45. The SMILES string of the molecule is CC/C=C\C(=NCC)NC(=O)c1ccc(=O)n(C2CC2)n1. The molecule has 1 amide bonds. The maximum Gasteiger partial charge on any atom is 0.277 e. The highest BCUT2D eigenvalue weighted by Crippen LogP contribution is 2.32. The van der Waals surface area contributed by atoms with Crippen LogP contribution in [0.1, 0.15) is 49.6 Å². The number of aromatic nitrogens is 2. The van der Waals surface area contributed by atoms with E-state index in [9.17, 15) is 9.59 Å². The lowest BCUT2D eigenvalue weighted by Gasteiger charge is -2.07. The summed E-state index contributed by atoms with van der Waals surface area (Å²) in [6, 6.07) is 2.98. The number of carbonyl (C=O) groups excluding carboxylic acids is 1. The van der Waals surface area contributed by atoms with Gasteiger partial charge in [-0.15, -0.1) is 0 Å². The average molecular weight is 288 g/mol. The van der Waals surface area contributed by atoms with E-state index in [1.165, 1.54) is 16.8 Å². The van der Waals surface area contributed by atoms with Crippen molar-refractivity contribution >= 4 is 11.7 Å². The molecule has 0 radical (unpaired) electrons. The molecule has 0 aromatic carbocycles. The predicted octanol–water partition coefficient (Wildman–Crippen LogP) is 1.69. The number of aliphatic imine (C=N–C) groups is 1. The third-order valence-electron chi connectivity index (χ3n) is 3.03. The van der Waals surface area contributed by atoms with Crippen LogP contribution in [0.25, 0.3) is 0 Å². The van der Waals surface area contributed by atoms with E-state index in [0.717, 1.165) is 19.3 Å². The minimum Gasteiger partial charge on any atom is -0.305 e. The smallest absolute Gasteiger partial charge is 0.277 e. The van der Waals surface area contributed by atoms with Crippen LogP contribution in [0, 0.1) is 0 Å². The Balaban J connectivity index is 2.15. The van der Waals surface area contributed by atoms with Gasteiger partial charge in [0.05, 0.1) is 6.04 Å². The largest absolute Gasteiger partial charge is 0.305 e. The van der Waals surface area contributed by atoms with Gasteiger partial charge in [0.25, 0.3) is 11.5 Å². The fourth-order valence-corrected chi connectivity index (χ4v) is 1.84. The number of amidine groups is 1. The summed E-state index contributed by atoms with van der Waals surface area (Å²) < 4.78 is 1.40. The average Bonchev–Trinajstić information content (AvgIpc) is 3.30. The lowest BCUT2D eigenvalue weighted by molar-refractivity contribution is 0.0970. The van der Waals surface area contributed by atoms with Gasteiger partial charge in [-0.05, 0) is 38.3 Å². The van der Waals surface area contributed by atoms with Crippen LogP contribution in [0.15, 0.2) is 34.1 Å². The molecule has 0 saturated heterocycles. The van der Waals surface area contributed by atoms with Crippen molar-refractivity contribution in [1.29, 1.82) is 0 Å². The van der Waals surface area contributed by atoms with Gasteiger partial charge in [-0.2, -0.15) is 5.10 Å². The minimum atomic E-state index is -0.350. The molecular weight excluding hydrogens is 268 g/mol. The number of allylic oxidation sites excluding steroid dienone is 1. The molecule has 1 aliphatic carbocycles. The molecule has 0 unspecified atom stereocenters. The minimum absolute atomic E-state index is 0.147. The monoisotopic (exact) mass is 288 g/mol. The third-order valence-corrected chi connectivity index (χ3v) is 3.03. The molecule has 1 fully saturated rings. The number of carbonyl (C=O) groups is 1. The van der Waals surface area contributed by atoms with Crippen molar-refractivity contribution in [2.45, 2.75) is 39.2 Å². The number of nitrogens with zero attached hydrogens (tertiary/aromatic N) is 3. The van der Waals surface area contributed by atoms with Crippen molar-refractivity contribution in [3.05, 3.63) is 40.3 Å². The van der Waals surface area contributed by atoms with Gasteiger partial charge in [-0.1, -0.05) is 13.0 Å². The summed E-state index contributed by atoms with van der Waals surface area (Å²) in [7, 11) is 0. The standard InChI is InChI=1S/C15H20N4O2/c1-3-5-6-13(16-4-2)17-15(21)12-9-10-14(20)19(18-12)11-7-8-11/h5-6,9-11H,3-4,7-8H2,1-2H3,(H,16,17,21)/b6-5-. The zero-order chi connectivity index (χ0) is 15.2. The Kier molecular flexibility index (Phi) is 5.03. The Labute approximate surface area is 123 Å². The van der Waals surface area contributed by atoms with Crippen molar-refractivity contribution in [3.8, 4) is 0 Å². The van der Waals surface area contributed by atoms with E-state index in [4.69, 9.17) is 0 Å². The molecule has 0 atom stereocenters. The molecule has 1 saturated carbocycles. The van der Waals surface area contributed by atoms with Crippen molar-refractivity contribution < 1.29 is 4.79 Å². The lowest BCUT2D eigenvalue weighted by atomic mass is 10.3. The van der Waals surface area contributed by atoms with Crippen molar-refractivity contribution in [3.63, 3.8) is 0 Å². The van der Waals surface area contributed by atoms with Gasteiger partial charge in [0, 0.05) is 12.6 Å².